The number of methoxy groups -OCH3 is 1. The molecule has 0 unspecified atom stereocenters. The molecule has 0 aliphatic heterocycles. The average Bonchev–Trinajstić information content (AvgIpc) is 2.37. The van der Waals surface area contributed by atoms with Crippen molar-refractivity contribution in [2.24, 2.45) is 0 Å². The molecule has 0 radical (unpaired) electrons. The number of nitrogens with one attached hydrogen (secondary N) is 1. The summed E-state index contributed by atoms with van der Waals surface area (Å²) in [5.74, 6) is 0.0826. The Morgan fingerprint density at radius 1 is 1.24 bits per heavy atom. The van der Waals surface area contributed by atoms with Gasteiger partial charge in [0.15, 0.2) is 11.5 Å². The first-order valence-electron chi connectivity index (χ1n) is 5.68. The Balaban J connectivity index is 2.35. The number of halogens is 2. The number of anilines is 1. The van der Waals surface area contributed by atoms with Gasteiger partial charge >= 0.3 is 0 Å². The van der Waals surface area contributed by atoms with Gasteiger partial charge in [-0.25, -0.2) is 8.42 Å². The van der Waals surface area contributed by atoms with E-state index in [1.165, 1.54) is 37.4 Å². The number of rotatable bonds is 4. The molecule has 0 spiro atoms. The zero-order chi connectivity index (χ0) is 15.6. The fraction of sp³-hybridized carbons (Fsp3) is 0.0769. The third kappa shape index (κ3) is 3.61. The Labute approximate surface area is 135 Å². The summed E-state index contributed by atoms with van der Waals surface area (Å²) in [4.78, 5) is -0.0531. The van der Waals surface area contributed by atoms with E-state index in [0.29, 0.717) is 4.47 Å². The van der Waals surface area contributed by atoms with Gasteiger partial charge in [-0.1, -0.05) is 27.5 Å². The zero-order valence-corrected chi connectivity index (χ0v) is 14.0. The molecule has 0 aromatic heterocycles. The van der Waals surface area contributed by atoms with Crippen molar-refractivity contribution in [3.8, 4) is 11.5 Å². The third-order valence-electron chi connectivity index (χ3n) is 2.61. The van der Waals surface area contributed by atoms with Crippen molar-refractivity contribution < 1.29 is 18.3 Å². The van der Waals surface area contributed by atoms with Crippen molar-refractivity contribution in [1.82, 2.24) is 0 Å². The maximum absolute atomic E-state index is 12.3. The fourth-order valence-electron chi connectivity index (χ4n) is 1.66. The second kappa shape index (κ2) is 6.13. The highest BCUT2D eigenvalue weighted by Crippen LogP contribution is 2.31. The number of benzene rings is 2. The van der Waals surface area contributed by atoms with Gasteiger partial charge in [-0.15, -0.1) is 0 Å². The number of aromatic hydroxyl groups is 1. The lowest BCUT2D eigenvalue weighted by Crippen LogP contribution is -2.13. The topological polar surface area (TPSA) is 75.6 Å². The molecule has 0 atom stereocenters. The van der Waals surface area contributed by atoms with E-state index in [9.17, 15) is 13.5 Å². The zero-order valence-electron chi connectivity index (χ0n) is 10.8. The molecule has 0 bridgehead atoms. The summed E-state index contributed by atoms with van der Waals surface area (Å²) in [6.45, 7) is 0. The summed E-state index contributed by atoms with van der Waals surface area (Å²) in [6, 6.07) is 8.63. The lowest BCUT2D eigenvalue weighted by atomic mass is 10.3. The Bertz CT molecular complexity index is 780. The van der Waals surface area contributed by atoms with E-state index in [4.69, 9.17) is 16.3 Å². The van der Waals surface area contributed by atoms with Gasteiger partial charge in [0, 0.05) is 10.5 Å². The molecule has 2 aromatic carbocycles. The van der Waals surface area contributed by atoms with E-state index in [0.717, 1.165) is 0 Å². The molecule has 2 rings (SSSR count). The van der Waals surface area contributed by atoms with Crippen LogP contribution in [0.2, 0.25) is 5.02 Å². The number of hydrogen-bond acceptors (Lipinski definition) is 4. The minimum Gasteiger partial charge on any atom is -0.504 e. The normalized spacial score (nSPS) is 11.2. The number of sulfonamides is 1. The predicted octanol–water partition coefficient (Wildman–Crippen LogP) is 3.62. The first-order valence-corrected chi connectivity index (χ1v) is 8.34. The van der Waals surface area contributed by atoms with Crippen LogP contribution in [0.1, 0.15) is 0 Å². The molecule has 0 saturated carbocycles. The highest BCUT2D eigenvalue weighted by Gasteiger charge is 2.18. The minimum atomic E-state index is -3.85. The fourth-order valence-corrected chi connectivity index (χ4v) is 3.74. The molecule has 0 heterocycles. The SMILES string of the molecule is COc1ccc(NS(=O)(=O)c2ccc(Br)cc2Cl)cc1O. The van der Waals surface area contributed by atoms with Gasteiger partial charge in [0.05, 0.1) is 17.8 Å². The smallest absolute Gasteiger partial charge is 0.263 e. The average molecular weight is 393 g/mol. The van der Waals surface area contributed by atoms with Gasteiger partial charge in [0.2, 0.25) is 0 Å². The molecule has 21 heavy (non-hydrogen) atoms. The monoisotopic (exact) mass is 391 g/mol. The summed E-state index contributed by atoms with van der Waals surface area (Å²) in [5.41, 5.74) is 0.201. The van der Waals surface area contributed by atoms with Crippen molar-refractivity contribution in [3.05, 3.63) is 45.9 Å². The van der Waals surface area contributed by atoms with Crippen molar-refractivity contribution in [2.75, 3.05) is 11.8 Å². The molecule has 2 aromatic rings. The van der Waals surface area contributed by atoms with Crippen LogP contribution in [0, 0.1) is 0 Å². The number of ether oxygens (including phenoxy) is 1. The molecule has 8 heteroatoms. The van der Waals surface area contributed by atoms with Crippen molar-refractivity contribution in [3.63, 3.8) is 0 Å². The van der Waals surface area contributed by atoms with Crippen molar-refractivity contribution in [2.45, 2.75) is 4.90 Å². The maximum Gasteiger partial charge on any atom is 0.263 e. The maximum atomic E-state index is 12.3. The summed E-state index contributed by atoms with van der Waals surface area (Å²) in [6.07, 6.45) is 0. The first-order chi connectivity index (χ1) is 9.83. The van der Waals surface area contributed by atoms with Crippen LogP contribution in [0.25, 0.3) is 0 Å². The Hall–Kier alpha value is -1.44. The summed E-state index contributed by atoms with van der Waals surface area (Å²) >= 11 is 9.15. The number of phenols is 1. The first kappa shape index (κ1) is 15.9. The molecule has 0 aliphatic carbocycles. The molecule has 5 nitrogen and oxygen atoms in total. The second-order valence-corrected chi connectivity index (χ2v) is 7.04. The van der Waals surface area contributed by atoms with Crippen LogP contribution in [-0.2, 0) is 10.0 Å². The Kier molecular flexibility index (Phi) is 4.65. The standard InChI is InChI=1S/C13H11BrClNO4S/c1-20-12-4-3-9(7-11(12)17)16-21(18,19)13-5-2-8(14)6-10(13)15/h2-7,16-17H,1H3. The molecule has 0 fully saturated rings. The molecule has 0 saturated heterocycles. The van der Waals surface area contributed by atoms with E-state index in [-0.39, 0.29) is 27.1 Å². The molecular weight excluding hydrogens is 382 g/mol. The van der Waals surface area contributed by atoms with Gasteiger partial charge in [-0.3, -0.25) is 4.72 Å². The lowest BCUT2D eigenvalue weighted by Gasteiger charge is -2.11. The van der Waals surface area contributed by atoms with Crippen LogP contribution in [0.4, 0.5) is 5.69 Å². The van der Waals surface area contributed by atoms with Crippen molar-refractivity contribution in [1.29, 1.82) is 0 Å². The Morgan fingerprint density at radius 3 is 2.52 bits per heavy atom. The largest absolute Gasteiger partial charge is 0.504 e. The van der Waals surface area contributed by atoms with Gasteiger partial charge in [-0.05, 0) is 30.3 Å². The third-order valence-corrected chi connectivity index (χ3v) is 4.97. The van der Waals surface area contributed by atoms with Gasteiger partial charge in [0.25, 0.3) is 10.0 Å². The number of hydrogen-bond donors (Lipinski definition) is 2. The van der Waals surface area contributed by atoms with Crippen LogP contribution in [0.5, 0.6) is 11.5 Å². The summed E-state index contributed by atoms with van der Waals surface area (Å²) < 4.78 is 32.5. The van der Waals surface area contributed by atoms with Crippen LogP contribution >= 0.6 is 27.5 Å². The second-order valence-electron chi connectivity index (χ2n) is 4.07. The molecule has 2 N–H and O–H groups in total. The van der Waals surface area contributed by atoms with Gasteiger partial charge < -0.3 is 9.84 Å². The van der Waals surface area contributed by atoms with Gasteiger partial charge in [-0.2, -0.15) is 0 Å². The van der Waals surface area contributed by atoms with E-state index in [2.05, 4.69) is 20.7 Å². The predicted molar refractivity (Wildman–Crippen MR) is 84.6 cm³/mol. The Morgan fingerprint density at radius 2 is 1.95 bits per heavy atom. The molecule has 112 valence electrons. The highest BCUT2D eigenvalue weighted by molar-refractivity contribution is 9.10. The van der Waals surface area contributed by atoms with Crippen LogP contribution in [-0.4, -0.2) is 20.6 Å². The van der Waals surface area contributed by atoms with Crippen LogP contribution < -0.4 is 9.46 Å². The van der Waals surface area contributed by atoms with E-state index in [1.807, 2.05) is 0 Å². The molecular formula is C13H11BrClNO4S. The van der Waals surface area contributed by atoms with E-state index < -0.39 is 10.0 Å². The van der Waals surface area contributed by atoms with E-state index >= 15 is 0 Å². The molecule has 0 amide bonds. The quantitative estimate of drug-likeness (QED) is 0.833. The lowest BCUT2D eigenvalue weighted by molar-refractivity contribution is 0.373. The van der Waals surface area contributed by atoms with Gasteiger partial charge in [0.1, 0.15) is 4.90 Å². The van der Waals surface area contributed by atoms with Crippen LogP contribution in [0.3, 0.4) is 0 Å². The summed E-state index contributed by atoms with van der Waals surface area (Å²) in [7, 11) is -2.45. The van der Waals surface area contributed by atoms with Crippen molar-refractivity contribution >= 4 is 43.2 Å². The number of phenolic OH excluding ortho intramolecular Hbond substituents is 1. The summed E-state index contributed by atoms with van der Waals surface area (Å²) in [5, 5.41) is 9.75. The van der Waals surface area contributed by atoms with E-state index in [1.54, 1.807) is 6.07 Å². The molecule has 0 aliphatic rings. The minimum absolute atomic E-state index is 0.0531. The highest BCUT2D eigenvalue weighted by atomic mass is 79.9. The van der Waals surface area contributed by atoms with Crippen LogP contribution in [0.15, 0.2) is 45.8 Å².